The van der Waals surface area contributed by atoms with Gasteiger partial charge in [-0.05, 0) is 12.5 Å². The second-order valence-electron chi connectivity index (χ2n) is 5.75. The molecule has 0 aliphatic heterocycles. The Bertz CT molecular complexity index is 1000. The number of hydrogen-bond donors (Lipinski definition) is 0. The van der Waals surface area contributed by atoms with Crippen LogP contribution < -0.4 is 11.2 Å². The number of aryl methyl sites for hydroxylation is 1. The van der Waals surface area contributed by atoms with Crippen molar-refractivity contribution < 1.29 is 4.74 Å². The monoisotopic (exact) mass is 344 g/mol. The van der Waals surface area contributed by atoms with E-state index in [0.29, 0.717) is 30.1 Å². The Morgan fingerprint density at radius 3 is 2.68 bits per heavy atom. The molecule has 3 aromatic rings. The average molecular weight is 344 g/mol. The van der Waals surface area contributed by atoms with Gasteiger partial charge in [-0.15, -0.1) is 0 Å². The van der Waals surface area contributed by atoms with Crippen LogP contribution in [0.15, 0.2) is 28.2 Å². The van der Waals surface area contributed by atoms with Crippen LogP contribution in [-0.4, -0.2) is 35.3 Å². The van der Waals surface area contributed by atoms with Crippen LogP contribution in [0.25, 0.3) is 11.2 Å². The van der Waals surface area contributed by atoms with Gasteiger partial charge in [0.15, 0.2) is 11.2 Å². The SMILES string of the molecule is CCCOCc1nc2c(c(=O)n(C)c(=O)n2C)n1Cc1ccncn1. The van der Waals surface area contributed by atoms with Gasteiger partial charge in [-0.2, -0.15) is 0 Å². The van der Waals surface area contributed by atoms with Crippen LogP contribution in [0.4, 0.5) is 0 Å². The molecule has 0 amide bonds. The molecule has 0 radical (unpaired) electrons. The normalized spacial score (nSPS) is 11.3. The van der Waals surface area contributed by atoms with Crippen LogP contribution in [0.3, 0.4) is 0 Å². The molecule has 9 nitrogen and oxygen atoms in total. The highest BCUT2D eigenvalue weighted by atomic mass is 16.5. The summed E-state index contributed by atoms with van der Waals surface area (Å²) >= 11 is 0. The summed E-state index contributed by atoms with van der Waals surface area (Å²) in [5, 5.41) is 0. The molecule has 0 saturated heterocycles. The zero-order valence-corrected chi connectivity index (χ0v) is 14.5. The molecular formula is C16H20N6O3. The lowest BCUT2D eigenvalue weighted by Crippen LogP contribution is -2.37. The molecule has 132 valence electrons. The molecule has 3 rings (SSSR count). The number of nitrogens with zero attached hydrogens (tertiary/aromatic N) is 6. The zero-order chi connectivity index (χ0) is 18.0. The predicted octanol–water partition coefficient (Wildman–Crippen LogP) is 0.199. The van der Waals surface area contributed by atoms with Crippen LogP contribution in [0.5, 0.6) is 0 Å². The summed E-state index contributed by atoms with van der Waals surface area (Å²) in [6, 6.07) is 1.77. The Hall–Kier alpha value is -2.81. The van der Waals surface area contributed by atoms with E-state index < -0.39 is 5.69 Å². The van der Waals surface area contributed by atoms with Crippen molar-refractivity contribution in [3.05, 3.63) is 50.9 Å². The highest BCUT2D eigenvalue weighted by Gasteiger charge is 2.19. The third-order valence-electron chi connectivity index (χ3n) is 3.97. The van der Waals surface area contributed by atoms with Gasteiger partial charge in [-0.25, -0.2) is 19.7 Å². The van der Waals surface area contributed by atoms with Crippen LogP contribution in [0.1, 0.15) is 24.9 Å². The van der Waals surface area contributed by atoms with Gasteiger partial charge >= 0.3 is 5.69 Å². The lowest BCUT2D eigenvalue weighted by Gasteiger charge is -2.09. The van der Waals surface area contributed by atoms with Crippen molar-refractivity contribution in [2.24, 2.45) is 14.1 Å². The molecule has 0 saturated carbocycles. The fraction of sp³-hybridized carbons (Fsp3) is 0.438. The minimum absolute atomic E-state index is 0.255. The molecule has 9 heteroatoms. The van der Waals surface area contributed by atoms with Gasteiger partial charge in [0.1, 0.15) is 18.8 Å². The Balaban J connectivity index is 2.20. The number of fused-ring (bicyclic) bond motifs is 1. The summed E-state index contributed by atoms with van der Waals surface area (Å²) in [5.74, 6) is 0.584. The molecule has 0 spiro atoms. The Morgan fingerprint density at radius 2 is 2.00 bits per heavy atom. The molecule has 0 bridgehead atoms. The Labute approximate surface area is 143 Å². The standard InChI is InChI=1S/C16H20N6O3/c1-4-7-25-9-12-19-14-13(15(23)21(3)16(24)20(14)2)22(12)8-11-5-6-17-10-18-11/h5-6,10H,4,7-9H2,1-3H3. The maximum Gasteiger partial charge on any atom is 0.332 e. The van der Waals surface area contributed by atoms with Crippen molar-refractivity contribution in [2.75, 3.05) is 6.61 Å². The minimum atomic E-state index is -0.412. The number of ether oxygens (including phenoxy) is 1. The fourth-order valence-electron chi connectivity index (χ4n) is 2.65. The van der Waals surface area contributed by atoms with Crippen LogP contribution in [0.2, 0.25) is 0 Å². The lowest BCUT2D eigenvalue weighted by atomic mass is 10.4. The molecule has 0 aromatic carbocycles. The van der Waals surface area contributed by atoms with Crippen LogP contribution in [-0.2, 0) is 32.0 Å². The minimum Gasteiger partial charge on any atom is -0.374 e. The summed E-state index contributed by atoms with van der Waals surface area (Å²) in [7, 11) is 3.06. The summed E-state index contributed by atoms with van der Waals surface area (Å²) < 4.78 is 9.82. The van der Waals surface area contributed by atoms with Gasteiger partial charge in [0.2, 0.25) is 0 Å². The van der Waals surface area contributed by atoms with Crippen molar-refractivity contribution in [3.63, 3.8) is 0 Å². The third kappa shape index (κ3) is 3.10. The molecule has 3 heterocycles. The first-order valence-electron chi connectivity index (χ1n) is 8.02. The van der Waals surface area contributed by atoms with E-state index in [1.165, 1.54) is 17.9 Å². The summed E-state index contributed by atoms with van der Waals surface area (Å²) in [6.45, 7) is 3.21. The topological polar surface area (TPSA) is 96.8 Å². The summed E-state index contributed by atoms with van der Waals surface area (Å²) in [6.07, 6.45) is 3.98. The molecule has 0 fully saturated rings. The molecule has 0 atom stereocenters. The van der Waals surface area contributed by atoms with Crippen LogP contribution in [0, 0.1) is 0 Å². The average Bonchev–Trinajstić information content (AvgIpc) is 2.98. The zero-order valence-electron chi connectivity index (χ0n) is 14.5. The van der Waals surface area contributed by atoms with E-state index in [1.54, 1.807) is 23.9 Å². The third-order valence-corrected chi connectivity index (χ3v) is 3.97. The van der Waals surface area contributed by atoms with E-state index in [4.69, 9.17) is 4.74 Å². The van der Waals surface area contributed by atoms with Crippen molar-refractivity contribution in [1.82, 2.24) is 28.7 Å². The van der Waals surface area contributed by atoms with Gasteiger partial charge in [0.25, 0.3) is 5.56 Å². The van der Waals surface area contributed by atoms with Crippen molar-refractivity contribution in [1.29, 1.82) is 0 Å². The number of rotatable bonds is 6. The van der Waals surface area contributed by atoms with E-state index in [9.17, 15) is 9.59 Å². The number of hydrogen-bond acceptors (Lipinski definition) is 6. The van der Waals surface area contributed by atoms with Gasteiger partial charge in [0, 0.05) is 26.9 Å². The van der Waals surface area contributed by atoms with E-state index in [0.717, 1.165) is 16.7 Å². The molecular weight excluding hydrogens is 324 g/mol. The smallest absolute Gasteiger partial charge is 0.332 e. The Kier molecular flexibility index (Phi) is 4.75. The van der Waals surface area contributed by atoms with Crippen LogP contribution >= 0.6 is 0 Å². The van der Waals surface area contributed by atoms with E-state index in [-0.39, 0.29) is 12.2 Å². The first-order valence-corrected chi connectivity index (χ1v) is 8.02. The second kappa shape index (κ2) is 6.98. The van der Waals surface area contributed by atoms with Crippen molar-refractivity contribution in [3.8, 4) is 0 Å². The first kappa shape index (κ1) is 17.0. The van der Waals surface area contributed by atoms with E-state index >= 15 is 0 Å². The maximum absolute atomic E-state index is 12.7. The molecule has 0 aliphatic carbocycles. The molecule has 3 aromatic heterocycles. The van der Waals surface area contributed by atoms with E-state index in [2.05, 4.69) is 15.0 Å². The second-order valence-corrected chi connectivity index (χ2v) is 5.75. The first-order chi connectivity index (χ1) is 12.0. The molecule has 0 unspecified atom stereocenters. The summed E-state index contributed by atoms with van der Waals surface area (Å²) in [5.41, 5.74) is 0.643. The number of imidazole rings is 1. The van der Waals surface area contributed by atoms with Gasteiger partial charge in [-0.3, -0.25) is 13.9 Å². The Morgan fingerprint density at radius 1 is 1.20 bits per heavy atom. The largest absolute Gasteiger partial charge is 0.374 e. The van der Waals surface area contributed by atoms with Gasteiger partial charge < -0.3 is 9.30 Å². The number of aromatic nitrogens is 6. The lowest BCUT2D eigenvalue weighted by molar-refractivity contribution is 0.114. The van der Waals surface area contributed by atoms with Gasteiger partial charge in [-0.1, -0.05) is 6.92 Å². The summed E-state index contributed by atoms with van der Waals surface area (Å²) in [4.78, 5) is 37.4. The molecule has 25 heavy (non-hydrogen) atoms. The molecule has 0 aliphatic rings. The highest BCUT2D eigenvalue weighted by Crippen LogP contribution is 2.14. The van der Waals surface area contributed by atoms with Crippen molar-refractivity contribution in [2.45, 2.75) is 26.5 Å². The van der Waals surface area contributed by atoms with Crippen molar-refractivity contribution >= 4 is 11.2 Å². The highest BCUT2D eigenvalue weighted by molar-refractivity contribution is 5.71. The predicted molar refractivity (Wildman–Crippen MR) is 91.3 cm³/mol. The van der Waals surface area contributed by atoms with Gasteiger partial charge in [0.05, 0.1) is 12.2 Å². The quantitative estimate of drug-likeness (QED) is 0.593. The fourth-order valence-corrected chi connectivity index (χ4v) is 2.65. The van der Waals surface area contributed by atoms with E-state index in [1.807, 2.05) is 6.92 Å². The molecule has 0 N–H and O–H groups in total. The maximum atomic E-state index is 12.7.